The second kappa shape index (κ2) is 24.2. The van der Waals surface area contributed by atoms with Crippen LogP contribution in [0.1, 0.15) is 71.0 Å². The van der Waals surface area contributed by atoms with Crippen LogP contribution in [-0.2, 0) is 31.0 Å². The van der Waals surface area contributed by atoms with Crippen molar-refractivity contribution in [3.63, 3.8) is 0 Å². The van der Waals surface area contributed by atoms with Crippen molar-refractivity contribution < 1.29 is 23.7 Å². The van der Waals surface area contributed by atoms with Crippen molar-refractivity contribution in [1.29, 1.82) is 0 Å². The summed E-state index contributed by atoms with van der Waals surface area (Å²) >= 11 is 0. The molecule has 0 atom stereocenters. The van der Waals surface area contributed by atoms with Gasteiger partial charge in [-0.1, -0.05) is 74.5 Å². The van der Waals surface area contributed by atoms with Crippen molar-refractivity contribution in [2.75, 3.05) is 66.4 Å². The van der Waals surface area contributed by atoms with Crippen LogP contribution >= 0.6 is 0 Å². The third-order valence-corrected chi connectivity index (χ3v) is 8.74. The SMILES string of the molecule is CNCCCOCCOCCOCCCNC(=O)CCCCn1nnc(C(C)(C)CCCCOc2cc(-c3ccccc3)cc(-c3ccccc3)n2)n1. The number of carbonyl (C=O) groups is 1. The first-order valence-electron chi connectivity index (χ1n) is 19.1. The zero-order chi connectivity index (χ0) is 37.4. The van der Waals surface area contributed by atoms with Crippen molar-refractivity contribution >= 4 is 5.91 Å². The smallest absolute Gasteiger partial charge is 0.219 e. The molecule has 2 aromatic carbocycles. The Morgan fingerprint density at radius 1 is 0.717 bits per heavy atom. The van der Waals surface area contributed by atoms with Crippen LogP contribution in [0.4, 0.5) is 0 Å². The number of aryl methyl sites for hydroxylation is 1. The Bertz CT molecular complexity index is 1510. The standard InChI is InChI=1S/C41H59N7O5/c1-41(2,21-11-13-27-53-39-33-36(34-16-6-4-7-17-34)32-37(44-39)35-18-8-5-9-19-35)40-45-47-48(46-40)24-12-10-20-38(49)43-23-15-26-51-29-31-52-30-28-50-25-14-22-42-3/h4-9,16-19,32-33,42H,10-15,20-31H2,1-3H3,(H,43,49). The van der Waals surface area contributed by atoms with E-state index in [2.05, 4.69) is 70.2 Å². The van der Waals surface area contributed by atoms with Gasteiger partial charge in [0.1, 0.15) is 0 Å². The number of aromatic nitrogens is 5. The summed E-state index contributed by atoms with van der Waals surface area (Å²) in [5.74, 6) is 1.42. The van der Waals surface area contributed by atoms with E-state index in [9.17, 15) is 4.79 Å². The van der Waals surface area contributed by atoms with E-state index in [0.29, 0.717) is 65.0 Å². The molecule has 4 aromatic rings. The summed E-state index contributed by atoms with van der Waals surface area (Å²) in [7, 11) is 1.93. The van der Waals surface area contributed by atoms with E-state index in [4.69, 9.17) is 23.9 Å². The molecular formula is C41H59N7O5. The van der Waals surface area contributed by atoms with E-state index in [0.717, 1.165) is 86.3 Å². The van der Waals surface area contributed by atoms with Gasteiger partial charge in [0.2, 0.25) is 11.8 Å². The second-order valence-electron chi connectivity index (χ2n) is 13.7. The Balaban J connectivity index is 1.05. The topological polar surface area (TPSA) is 135 Å². The number of nitrogens with zero attached hydrogens (tertiary/aromatic N) is 5. The van der Waals surface area contributed by atoms with E-state index in [1.165, 1.54) is 0 Å². The van der Waals surface area contributed by atoms with Gasteiger partial charge < -0.3 is 29.6 Å². The van der Waals surface area contributed by atoms with Crippen LogP contribution in [0.25, 0.3) is 22.4 Å². The highest BCUT2D eigenvalue weighted by atomic mass is 16.5. The fourth-order valence-corrected chi connectivity index (χ4v) is 5.62. The minimum absolute atomic E-state index is 0.0525. The summed E-state index contributed by atoms with van der Waals surface area (Å²) in [6, 6.07) is 24.6. The average Bonchev–Trinajstić information content (AvgIpc) is 3.67. The number of hydrogen-bond acceptors (Lipinski definition) is 10. The monoisotopic (exact) mass is 729 g/mol. The largest absolute Gasteiger partial charge is 0.478 e. The van der Waals surface area contributed by atoms with Crippen molar-refractivity contribution in [3.05, 3.63) is 78.6 Å². The Morgan fingerprint density at radius 3 is 2.08 bits per heavy atom. The molecule has 53 heavy (non-hydrogen) atoms. The zero-order valence-electron chi connectivity index (χ0n) is 31.9. The van der Waals surface area contributed by atoms with Crippen LogP contribution in [0.5, 0.6) is 5.88 Å². The van der Waals surface area contributed by atoms with Crippen molar-refractivity contribution in [1.82, 2.24) is 35.8 Å². The van der Waals surface area contributed by atoms with Crippen LogP contribution in [0.3, 0.4) is 0 Å². The van der Waals surface area contributed by atoms with Gasteiger partial charge in [-0.2, -0.15) is 4.80 Å². The number of carbonyl (C=O) groups excluding carboxylic acids is 1. The first-order chi connectivity index (χ1) is 25.9. The number of ether oxygens (including phenoxy) is 4. The summed E-state index contributed by atoms with van der Waals surface area (Å²) in [4.78, 5) is 18.7. The fraction of sp³-hybridized carbons (Fsp3) is 0.537. The quantitative estimate of drug-likeness (QED) is 0.0645. The predicted octanol–water partition coefficient (Wildman–Crippen LogP) is 6.26. The second-order valence-corrected chi connectivity index (χ2v) is 13.7. The molecule has 0 spiro atoms. The average molecular weight is 730 g/mol. The molecule has 0 bridgehead atoms. The van der Waals surface area contributed by atoms with Crippen LogP contribution < -0.4 is 15.4 Å². The lowest BCUT2D eigenvalue weighted by Gasteiger charge is -2.20. The van der Waals surface area contributed by atoms with E-state index in [-0.39, 0.29) is 11.3 Å². The van der Waals surface area contributed by atoms with Crippen LogP contribution in [-0.4, -0.2) is 97.5 Å². The van der Waals surface area contributed by atoms with Gasteiger partial charge in [-0.05, 0) is 80.9 Å². The highest BCUT2D eigenvalue weighted by Gasteiger charge is 2.25. The lowest BCUT2D eigenvalue weighted by Crippen LogP contribution is -2.25. The molecule has 4 rings (SSSR count). The Hall–Kier alpha value is -4.23. The molecule has 2 heterocycles. The summed E-state index contributed by atoms with van der Waals surface area (Å²) in [5.41, 5.74) is 3.94. The van der Waals surface area contributed by atoms with Crippen LogP contribution in [0, 0.1) is 0 Å². The maximum absolute atomic E-state index is 12.2. The fourth-order valence-electron chi connectivity index (χ4n) is 5.62. The molecule has 0 aliphatic heterocycles. The first kappa shape index (κ1) is 41.5. The Morgan fingerprint density at radius 2 is 1.38 bits per heavy atom. The Labute approximate surface area is 315 Å². The molecule has 2 aromatic heterocycles. The van der Waals surface area contributed by atoms with Gasteiger partial charge in [0.15, 0.2) is 5.82 Å². The molecule has 0 saturated heterocycles. The molecule has 0 aliphatic carbocycles. The van der Waals surface area contributed by atoms with Crippen molar-refractivity contribution in [2.45, 2.75) is 77.2 Å². The molecule has 0 aliphatic rings. The summed E-state index contributed by atoms with van der Waals surface area (Å²) in [5, 5.41) is 19.4. The van der Waals surface area contributed by atoms with E-state index < -0.39 is 0 Å². The molecule has 288 valence electrons. The number of pyridine rings is 1. The summed E-state index contributed by atoms with van der Waals surface area (Å²) < 4.78 is 22.7. The van der Waals surface area contributed by atoms with Crippen molar-refractivity contribution in [3.8, 4) is 28.3 Å². The molecule has 0 saturated carbocycles. The highest BCUT2D eigenvalue weighted by molar-refractivity contribution is 5.75. The first-order valence-corrected chi connectivity index (χ1v) is 19.1. The zero-order valence-corrected chi connectivity index (χ0v) is 31.9. The van der Waals surface area contributed by atoms with E-state index >= 15 is 0 Å². The minimum Gasteiger partial charge on any atom is -0.478 e. The molecule has 0 unspecified atom stereocenters. The van der Waals surface area contributed by atoms with Crippen LogP contribution in [0.2, 0.25) is 0 Å². The van der Waals surface area contributed by atoms with E-state index in [1.54, 1.807) is 4.80 Å². The van der Waals surface area contributed by atoms with Crippen molar-refractivity contribution in [2.24, 2.45) is 0 Å². The third-order valence-electron chi connectivity index (χ3n) is 8.74. The van der Waals surface area contributed by atoms with E-state index in [1.807, 2.05) is 49.5 Å². The predicted molar refractivity (Wildman–Crippen MR) is 208 cm³/mol. The molecule has 12 heteroatoms. The number of tetrazole rings is 1. The normalized spacial score (nSPS) is 11.5. The van der Waals surface area contributed by atoms with Gasteiger partial charge in [0.05, 0.1) is 45.3 Å². The minimum atomic E-state index is -0.221. The van der Waals surface area contributed by atoms with Gasteiger partial charge in [0.25, 0.3) is 0 Å². The van der Waals surface area contributed by atoms with Gasteiger partial charge in [-0.25, -0.2) is 4.98 Å². The number of rotatable bonds is 28. The van der Waals surface area contributed by atoms with Gasteiger partial charge in [-0.15, -0.1) is 10.2 Å². The maximum atomic E-state index is 12.2. The molecule has 12 nitrogen and oxygen atoms in total. The number of hydrogen-bond donors (Lipinski definition) is 2. The molecule has 0 radical (unpaired) electrons. The summed E-state index contributed by atoms with van der Waals surface area (Å²) in [6.45, 7) is 10.7. The Kier molecular flexibility index (Phi) is 18.9. The highest BCUT2D eigenvalue weighted by Crippen LogP contribution is 2.29. The van der Waals surface area contributed by atoms with Gasteiger partial charge >= 0.3 is 0 Å². The lowest BCUT2D eigenvalue weighted by atomic mass is 9.86. The maximum Gasteiger partial charge on any atom is 0.219 e. The number of benzene rings is 2. The summed E-state index contributed by atoms with van der Waals surface area (Å²) in [6.07, 6.45) is 6.54. The number of unbranched alkanes of at least 4 members (excludes halogenated alkanes) is 2. The van der Waals surface area contributed by atoms with Crippen LogP contribution in [0.15, 0.2) is 72.8 Å². The number of nitrogens with one attached hydrogen (secondary N) is 2. The van der Waals surface area contributed by atoms with Gasteiger partial charge in [-0.3, -0.25) is 4.79 Å². The molecular weight excluding hydrogens is 670 g/mol. The molecule has 2 N–H and O–H groups in total. The van der Waals surface area contributed by atoms with Gasteiger partial charge in [0, 0.05) is 43.2 Å². The molecule has 0 fully saturated rings. The third kappa shape index (κ3) is 16.1. The lowest BCUT2D eigenvalue weighted by molar-refractivity contribution is -0.121. The number of amides is 1. The molecule has 1 amide bonds.